The van der Waals surface area contributed by atoms with Crippen LogP contribution in [0, 0.1) is 11.6 Å². The predicted octanol–water partition coefficient (Wildman–Crippen LogP) is 2.45. The fourth-order valence-corrected chi connectivity index (χ4v) is 3.33. The zero-order chi connectivity index (χ0) is 15.3. The molecule has 1 aromatic rings. The monoisotopic (exact) mass is 358 g/mol. The number of benzene rings is 1. The number of anilines is 1. The van der Waals surface area contributed by atoms with Crippen molar-refractivity contribution in [3.63, 3.8) is 0 Å². The van der Waals surface area contributed by atoms with Crippen LogP contribution in [0.4, 0.5) is 14.5 Å². The van der Waals surface area contributed by atoms with Crippen LogP contribution in [-0.2, 0) is 9.59 Å². The molecule has 1 aromatic carbocycles. The number of rotatable bonds is 1. The highest BCUT2D eigenvalue weighted by Crippen LogP contribution is 2.33. The van der Waals surface area contributed by atoms with E-state index in [0.29, 0.717) is 13.0 Å². The van der Waals surface area contributed by atoms with E-state index in [1.54, 1.807) is 0 Å². The van der Waals surface area contributed by atoms with Crippen molar-refractivity contribution in [3.05, 3.63) is 28.2 Å². The van der Waals surface area contributed by atoms with E-state index in [4.69, 9.17) is 0 Å². The van der Waals surface area contributed by atoms with Crippen molar-refractivity contribution in [3.8, 4) is 0 Å². The van der Waals surface area contributed by atoms with Gasteiger partial charge in [0.25, 0.3) is 5.91 Å². The molecule has 0 bridgehead atoms. The van der Waals surface area contributed by atoms with Gasteiger partial charge in [0.1, 0.15) is 23.7 Å². The van der Waals surface area contributed by atoms with E-state index in [1.165, 1.54) is 11.8 Å². The average molecular weight is 359 g/mol. The first-order valence-corrected chi connectivity index (χ1v) is 7.49. The lowest BCUT2D eigenvalue weighted by Gasteiger charge is -2.40. The highest BCUT2D eigenvalue weighted by Gasteiger charge is 2.47. The maximum atomic E-state index is 14.1. The number of hydrogen-bond acceptors (Lipinski definition) is 2. The van der Waals surface area contributed by atoms with Crippen molar-refractivity contribution in [1.29, 1.82) is 0 Å². The van der Waals surface area contributed by atoms with Crippen molar-refractivity contribution in [2.24, 2.45) is 0 Å². The van der Waals surface area contributed by atoms with E-state index in [2.05, 4.69) is 15.9 Å². The molecule has 2 fully saturated rings. The lowest BCUT2D eigenvalue weighted by atomic mass is 10.0. The number of halogens is 3. The van der Waals surface area contributed by atoms with Crippen molar-refractivity contribution in [1.82, 2.24) is 4.90 Å². The van der Waals surface area contributed by atoms with E-state index < -0.39 is 23.7 Å². The van der Waals surface area contributed by atoms with Gasteiger partial charge in [-0.3, -0.25) is 14.5 Å². The number of nitrogens with zero attached hydrogens (tertiary/aromatic N) is 2. The Kier molecular flexibility index (Phi) is 3.47. The first kappa shape index (κ1) is 14.4. The summed E-state index contributed by atoms with van der Waals surface area (Å²) in [6.45, 7) is 2.08. The second kappa shape index (κ2) is 5.05. The molecule has 2 aliphatic heterocycles. The number of hydrogen-bond donors (Lipinski definition) is 0. The van der Waals surface area contributed by atoms with Crippen LogP contribution < -0.4 is 4.90 Å². The van der Waals surface area contributed by atoms with E-state index in [1.807, 2.05) is 0 Å². The third-order valence-electron chi connectivity index (χ3n) is 4.05. The zero-order valence-corrected chi connectivity index (χ0v) is 12.9. The van der Waals surface area contributed by atoms with Gasteiger partial charge in [-0.25, -0.2) is 8.78 Å². The molecule has 2 amide bonds. The molecule has 4 nitrogen and oxygen atoms in total. The first-order valence-electron chi connectivity index (χ1n) is 6.70. The largest absolute Gasteiger partial charge is 0.329 e. The third-order valence-corrected chi connectivity index (χ3v) is 4.66. The Morgan fingerprint density at radius 1 is 1.19 bits per heavy atom. The molecule has 21 heavy (non-hydrogen) atoms. The van der Waals surface area contributed by atoms with Crippen LogP contribution in [0.2, 0.25) is 0 Å². The molecule has 2 atom stereocenters. The first-order chi connectivity index (χ1) is 9.91. The van der Waals surface area contributed by atoms with Gasteiger partial charge < -0.3 is 4.90 Å². The maximum Gasteiger partial charge on any atom is 0.250 e. The summed E-state index contributed by atoms with van der Waals surface area (Å²) in [6, 6.07) is 0.531. The van der Waals surface area contributed by atoms with Crippen molar-refractivity contribution < 1.29 is 18.4 Å². The highest BCUT2D eigenvalue weighted by atomic mass is 79.9. The van der Waals surface area contributed by atoms with Crippen LogP contribution in [0.3, 0.4) is 0 Å². The maximum absolute atomic E-state index is 14.1. The minimum atomic E-state index is -0.832. The molecule has 0 aromatic heterocycles. The van der Waals surface area contributed by atoms with Crippen molar-refractivity contribution in [2.45, 2.75) is 31.8 Å². The molecule has 2 aliphatic rings. The van der Waals surface area contributed by atoms with Crippen LogP contribution >= 0.6 is 15.9 Å². The standard InChI is InChI=1S/C14H13BrF2N2O2/c1-7-13(20)18-4-2-3-11(18)14(21)19(7)12-6-9(16)8(15)5-10(12)17/h5-7,11H,2-4H2,1H3. The van der Waals surface area contributed by atoms with Gasteiger partial charge in [0, 0.05) is 12.6 Å². The van der Waals surface area contributed by atoms with E-state index in [0.717, 1.165) is 23.5 Å². The van der Waals surface area contributed by atoms with E-state index in [9.17, 15) is 18.4 Å². The Balaban J connectivity index is 2.06. The SMILES string of the molecule is CC1C(=O)N2CCCC2C(=O)N1c1cc(F)c(Br)cc1F. The molecule has 2 unspecified atom stereocenters. The minimum absolute atomic E-state index is 0.0188. The Labute approximate surface area is 128 Å². The second-order valence-corrected chi connectivity index (χ2v) is 6.15. The second-order valence-electron chi connectivity index (χ2n) is 5.29. The molecular formula is C14H13BrF2N2O2. The van der Waals surface area contributed by atoms with Gasteiger partial charge in [0.15, 0.2) is 0 Å². The van der Waals surface area contributed by atoms with Crippen LogP contribution in [-0.4, -0.2) is 35.3 Å². The van der Waals surface area contributed by atoms with Gasteiger partial charge in [0.2, 0.25) is 5.91 Å². The summed E-state index contributed by atoms with van der Waals surface area (Å²) in [7, 11) is 0. The summed E-state index contributed by atoms with van der Waals surface area (Å²) in [4.78, 5) is 27.5. The van der Waals surface area contributed by atoms with Crippen LogP contribution in [0.1, 0.15) is 19.8 Å². The number of amides is 2. The topological polar surface area (TPSA) is 40.6 Å². The minimum Gasteiger partial charge on any atom is -0.329 e. The molecule has 7 heteroatoms. The number of fused-ring (bicyclic) bond motifs is 1. The summed E-state index contributed by atoms with van der Waals surface area (Å²) < 4.78 is 27.8. The quantitative estimate of drug-likeness (QED) is 0.723. The molecule has 0 spiro atoms. The predicted molar refractivity (Wildman–Crippen MR) is 75.7 cm³/mol. The summed E-state index contributed by atoms with van der Waals surface area (Å²) in [5.41, 5.74) is -0.187. The smallest absolute Gasteiger partial charge is 0.250 e. The van der Waals surface area contributed by atoms with Gasteiger partial charge in [-0.05, 0) is 41.8 Å². The van der Waals surface area contributed by atoms with E-state index in [-0.39, 0.29) is 22.0 Å². The summed E-state index contributed by atoms with van der Waals surface area (Å²) in [6.07, 6.45) is 1.31. The Morgan fingerprint density at radius 3 is 2.62 bits per heavy atom. The Bertz CT molecular complexity index is 638. The molecule has 0 aliphatic carbocycles. The van der Waals surface area contributed by atoms with Gasteiger partial charge in [-0.15, -0.1) is 0 Å². The summed E-state index contributed by atoms with van der Waals surface area (Å²) in [5, 5.41) is 0. The van der Waals surface area contributed by atoms with Crippen LogP contribution in [0.25, 0.3) is 0 Å². The summed E-state index contributed by atoms with van der Waals surface area (Å²) >= 11 is 2.90. The number of piperazine rings is 1. The fraction of sp³-hybridized carbons (Fsp3) is 0.429. The number of carbonyl (C=O) groups is 2. The molecule has 0 saturated carbocycles. The molecule has 0 radical (unpaired) electrons. The Morgan fingerprint density at radius 2 is 1.90 bits per heavy atom. The number of carbonyl (C=O) groups excluding carboxylic acids is 2. The van der Waals surface area contributed by atoms with E-state index >= 15 is 0 Å². The molecule has 112 valence electrons. The fourth-order valence-electron chi connectivity index (χ4n) is 3.01. The lowest BCUT2D eigenvalue weighted by Crippen LogP contribution is -2.62. The summed E-state index contributed by atoms with van der Waals surface area (Å²) in [5.74, 6) is -1.98. The van der Waals surface area contributed by atoms with Gasteiger partial charge >= 0.3 is 0 Å². The highest BCUT2D eigenvalue weighted by molar-refractivity contribution is 9.10. The van der Waals surface area contributed by atoms with Crippen LogP contribution in [0.5, 0.6) is 0 Å². The lowest BCUT2D eigenvalue weighted by molar-refractivity contribution is -0.143. The molecule has 0 N–H and O–H groups in total. The molecule has 2 heterocycles. The molecule has 3 rings (SSSR count). The van der Waals surface area contributed by atoms with Gasteiger partial charge in [0.05, 0.1) is 10.2 Å². The normalized spacial score (nSPS) is 25.5. The van der Waals surface area contributed by atoms with Crippen molar-refractivity contribution in [2.75, 3.05) is 11.4 Å². The Hall–Kier alpha value is -1.50. The van der Waals surface area contributed by atoms with Crippen molar-refractivity contribution >= 4 is 33.4 Å². The van der Waals surface area contributed by atoms with Gasteiger partial charge in [-0.1, -0.05) is 0 Å². The average Bonchev–Trinajstić information content (AvgIpc) is 2.92. The van der Waals surface area contributed by atoms with Gasteiger partial charge in [-0.2, -0.15) is 0 Å². The third kappa shape index (κ3) is 2.14. The molecule has 2 saturated heterocycles. The van der Waals surface area contributed by atoms with Crippen LogP contribution in [0.15, 0.2) is 16.6 Å². The molecular weight excluding hydrogens is 346 g/mol. The zero-order valence-electron chi connectivity index (χ0n) is 11.3.